The van der Waals surface area contributed by atoms with Gasteiger partial charge < -0.3 is 14.2 Å². The van der Waals surface area contributed by atoms with Gasteiger partial charge in [-0.15, -0.1) is 0 Å². The third-order valence-electron chi connectivity index (χ3n) is 2.35. The number of nitrogens with zero attached hydrogens (tertiary/aromatic N) is 1. The maximum atomic E-state index is 11.5. The number of hydrogen-bond acceptors (Lipinski definition) is 5. The molecular formula is C14H15NO4. The van der Waals surface area contributed by atoms with Gasteiger partial charge in [-0.1, -0.05) is 12.1 Å². The van der Waals surface area contributed by atoms with Gasteiger partial charge in [-0.2, -0.15) is 5.26 Å². The van der Waals surface area contributed by atoms with Crippen LogP contribution >= 0.6 is 0 Å². The van der Waals surface area contributed by atoms with Gasteiger partial charge in [-0.05, 0) is 19.1 Å². The van der Waals surface area contributed by atoms with Crippen LogP contribution in [0.4, 0.5) is 0 Å². The molecule has 0 aliphatic carbocycles. The normalized spacial score (nSPS) is 10.5. The highest BCUT2D eigenvalue weighted by molar-refractivity contribution is 5.98. The van der Waals surface area contributed by atoms with Gasteiger partial charge in [0.1, 0.15) is 11.6 Å². The Morgan fingerprint density at radius 1 is 1.37 bits per heavy atom. The molecule has 0 fully saturated rings. The van der Waals surface area contributed by atoms with Gasteiger partial charge in [0.2, 0.25) is 0 Å². The summed E-state index contributed by atoms with van der Waals surface area (Å²) >= 11 is 0. The molecule has 5 heteroatoms. The fourth-order valence-electron chi connectivity index (χ4n) is 1.53. The highest BCUT2D eigenvalue weighted by Gasteiger charge is 2.13. The van der Waals surface area contributed by atoms with Crippen molar-refractivity contribution in [3.8, 4) is 17.6 Å². The van der Waals surface area contributed by atoms with Crippen LogP contribution in [-0.2, 0) is 9.53 Å². The Labute approximate surface area is 112 Å². The van der Waals surface area contributed by atoms with Crippen molar-refractivity contribution in [3.05, 3.63) is 29.3 Å². The van der Waals surface area contributed by atoms with E-state index in [1.165, 1.54) is 20.3 Å². The van der Waals surface area contributed by atoms with E-state index in [1.807, 2.05) is 6.07 Å². The number of carbonyl (C=O) groups is 1. The van der Waals surface area contributed by atoms with Crippen LogP contribution in [0.3, 0.4) is 0 Å². The van der Waals surface area contributed by atoms with Crippen molar-refractivity contribution < 1.29 is 19.0 Å². The third-order valence-corrected chi connectivity index (χ3v) is 2.35. The number of carbonyl (C=O) groups excluding carboxylic acids is 1. The molecule has 5 nitrogen and oxygen atoms in total. The minimum atomic E-state index is -0.658. The van der Waals surface area contributed by atoms with Crippen LogP contribution < -0.4 is 9.47 Å². The largest absolute Gasteiger partial charge is 0.493 e. The lowest BCUT2D eigenvalue weighted by Crippen LogP contribution is -2.06. The lowest BCUT2D eigenvalue weighted by Gasteiger charge is -2.10. The number of ether oxygens (including phenoxy) is 3. The summed E-state index contributed by atoms with van der Waals surface area (Å²) in [5.41, 5.74) is 0.486. The molecule has 0 spiro atoms. The van der Waals surface area contributed by atoms with Crippen LogP contribution in [0.2, 0.25) is 0 Å². The topological polar surface area (TPSA) is 68.6 Å². The zero-order valence-electron chi connectivity index (χ0n) is 11.1. The Balaban J connectivity index is 3.22. The molecule has 0 unspecified atom stereocenters. The van der Waals surface area contributed by atoms with E-state index in [9.17, 15) is 4.79 Å². The molecule has 100 valence electrons. The number of methoxy groups -OCH3 is 2. The summed E-state index contributed by atoms with van der Waals surface area (Å²) in [7, 11) is 3.01. The fourth-order valence-corrected chi connectivity index (χ4v) is 1.53. The average molecular weight is 261 g/mol. The second kappa shape index (κ2) is 7.07. The van der Waals surface area contributed by atoms with Gasteiger partial charge in [0.15, 0.2) is 11.5 Å². The molecule has 19 heavy (non-hydrogen) atoms. The van der Waals surface area contributed by atoms with Crippen molar-refractivity contribution in [1.82, 2.24) is 0 Å². The van der Waals surface area contributed by atoms with E-state index in [-0.39, 0.29) is 12.2 Å². The summed E-state index contributed by atoms with van der Waals surface area (Å²) in [5, 5.41) is 8.98. The number of hydrogen-bond donors (Lipinski definition) is 0. The van der Waals surface area contributed by atoms with E-state index in [0.717, 1.165) is 0 Å². The van der Waals surface area contributed by atoms with Crippen molar-refractivity contribution in [1.29, 1.82) is 5.26 Å². The molecule has 0 aliphatic rings. The minimum absolute atomic E-state index is 0.0894. The first-order chi connectivity index (χ1) is 9.17. The summed E-state index contributed by atoms with van der Waals surface area (Å²) in [5.74, 6) is 0.328. The molecule has 0 atom stereocenters. The van der Waals surface area contributed by atoms with E-state index < -0.39 is 5.97 Å². The van der Waals surface area contributed by atoms with Gasteiger partial charge in [-0.25, -0.2) is 4.79 Å². The van der Waals surface area contributed by atoms with Gasteiger partial charge in [0.05, 0.1) is 20.8 Å². The molecule has 0 aliphatic heterocycles. The monoisotopic (exact) mass is 261 g/mol. The molecule has 0 heterocycles. The number of para-hydroxylation sites is 1. The summed E-state index contributed by atoms with van der Waals surface area (Å²) in [4.78, 5) is 11.5. The molecule has 1 aromatic carbocycles. The summed E-state index contributed by atoms with van der Waals surface area (Å²) in [6.45, 7) is 1.89. The zero-order valence-corrected chi connectivity index (χ0v) is 11.1. The summed E-state index contributed by atoms with van der Waals surface area (Å²) in [6, 6.07) is 7.01. The van der Waals surface area contributed by atoms with Gasteiger partial charge >= 0.3 is 5.97 Å². The number of esters is 1. The van der Waals surface area contributed by atoms with Crippen LogP contribution in [0.5, 0.6) is 11.5 Å². The van der Waals surface area contributed by atoms with E-state index in [2.05, 4.69) is 0 Å². The van der Waals surface area contributed by atoms with Crippen LogP contribution in [-0.4, -0.2) is 26.8 Å². The smallest absolute Gasteiger partial charge is 0.348 e. The van der Waals surface area contributed by atoms with Crippen LogP contribution in [0.15, 0.2) is 23.8 Å². The molecule has 0 saturated heterocycles. The van der Waals surface area contributed by atoms with Crippen LogP contribution in [0, 0.1) is 11.3 Å². The number of benzene rings is 1. The van der Waals surface area contributed by atoms with E-state index in [4.69, 9.17) is 19.5 Å². The molecule has 0 bridgehead atoms. The molecule has 0 saturated carbocycles. The second-order valence-corrected chi connectivity index (χ2v) is 3.47. The van der Waals surface area contributed by atoms with Crippen molar-refractivity contribution in [3.63, 3.8) is 0 Å². The van der Waals surface area contributed by atoms with Crippen molar-refractivity contribution in [2.45, 2.75) is 6.92 Å². The van der Waals surface area contributed by atoms with Crippen LogP contribution in [0.25, 0.3) is 6.08 Å². The lowest BCUT2D eigenvalue weighted by molar-refractivity contribution is -0.137. The predicted octanol–water partition coefficient (Wildman–Crippen LogP) is 2.17. The SMILES string of the molecule is CCOC(=O)C(C#N)=Cc1cccc(OC)c1OC. The fraction of sp³-hybridized carbons (Fsp3) is 0.286. The van der Waals surface area contributed by atoms with Crippen molar-refractivity contribution in [2.24, 2.45) is 0 Å². The minimum Gasteiger partial charge on any atom is -0.493 e. The molecule has 1 rings (SSSR count). The van der Waals surface area contributed by atoms with E-state index in [0.29, 0.717) is 17.1 Å². The Morgan fingerprint density at radius 3 is 2.63 bits per heavy atom. The van der Waals surface area contributed by atoms with Crippen molar-refractivity contribution in [2.75, 3.05) is 20.8 Å². The number of rotatable bonds is 5. The van der Waals surface area contributed by atoms with Gasteiger partial charge in [-0.3, -0.25) is 0 Å². The highest BCUT2D eigenvalue weighted by atomic mass is 16.5. The van der Waals surface area contributed by atoms with Gasteiger partial charge in [0.25, 0.3) is 0 Å². The first-order valence-electron chi connectivity index (χ1n) is 5.67. The third kappa shape index (κ3) is 3.49. The second-order valence-electron chi connectivity index (χ2n) is 3.47. The zero-order chi connectivity index (χ0) is 14.3. The van der Waals surface area contributed by atoms with E-state index in [1.54, 1.807) is 25.1 Å². The van der Waals surface area contributed by atoms with E-state index >= 15 is 0 Å². The number of nitriles is 1. The Morgan fingerprint density at radius 2 is 2.11 bits per heavy atom. The quantitative estimate of drug-likeness (QED) is 0.461. The molecule has 0 radical (unpaired) electrons. The molecule has 0 amide bonds. The maximum absolute atomic E-state index is 11.5. The Hall–Kier alpha value is -2.48. The Kier molecular flexibility index (Phi) is 5.42. The molecule has 1 aromatic rings. The molecule has 0 N–H and O–H groups in total. The van der Waals surface area contributed by atoms with Crippen molar-refractivity contribution >= 4 is 12.0 Å². The first kappa shape index (κ1) is 14.6. The lowest BCUT2D eigenvalue weighted by atomic mass is 10.1. The standard InChI is InChI=1S/C14H15NO4/c1-4-19-14(16)11(9-15)8-10-6-5-7-12(17-2)13(10)18-3/h5-8H,4H2,1-3H3. The Bertz CT molecular complexity index is 529. The predicted molar refractivity (Wildman–Crippen MR) is 69.8 cm³/mol. The summed E-state index contributed by atoms with van der Waals surface area (Å²) < 4.78 is 15.2. The van der Waals surface area contributed by atoms with Crippen LogP contribution in [0.1, 0.15) is 12.5 Å². The van der Waals surface area contributed by atoms with Gasteiger partial charge in [0, 0.05) is 5.56 Å². The molecule has 0 aromatic heterocycles. The summed E-state index contributed by atoms with van der Waals surface area (Å²) in [6.07, 6.45) is 1.42. The molecular weight excluding hydrogens is 246 g/mol. The first-order valence-corrected chi connectivity index (χ1v) is 5.67. The maximum Gasteiger partial charge on any atom is 0.348 e. The highest BCUT2D eigenvalue weighted by Crippen LogP contribution is 2.32. The average Bonchev–Trinajstić information content (AvgIpc) is 2.44.